The minimum Gasteiger partial charge on any atom is -0.390 e. The van der Waals surface area contributed by atoms with Crippen molar-refractivity contribution in [2.45, 2.75) is 32.3 Å². The molecule has 0 unspecified atom stereocenters. The molecule has 1 aromatic rings. The highest BCUT2D eigenvalue weighted by Gasteiger charge is 2.13. The number of hydrogen-bond acceptors (Lipinski definition) is 2. The lowest BCUT2D eigenvalue weighted by atomic mass is 9.97. The van der Waals surface area contributed by atoms with Gasteiger partial charge in [0.15, 0.2) is 0 Å². The quantitative estimate of drug-likeness (QED) is 0.738. The lowest BCUT2D eigenvalue weighted by molar-refractivity contribution is -0.107. The van der Waals surface area contributed by atoms with E-state index in [4.69, 9.17) is 0 Å². The average molecular weight is 192 g/mol. The van der Waals surface area contributed by atoms with Crippen LogP contribution in [0.3, 0.4) is 0 Å². The summed E-state index contributed by atoms with van der Waals surface area (Å²) < 4.78 is 0. The molecule has 0 radical (unpaired) electrons. The Morgan fingerprint density at radius 2 is 2.00 bits per heavy atom. The Kier molecular flexibility index (Phi) is 3.42. The monoisotopic (exact) mass is 192 g/mol. The molecule has 0 fully saturated rings. The number of benzene rings is 1. The first-order valence-corrected chi connectivity index (χ1v) is 4.75. The van der Waals surface area contributed by atoms with Gasteiger partial charge in [0.25, 0.3) is 0 Å². The Morgan fingerprint density at radius 1 is 1.36 bits per heavy atom. The Bertz CT molecular complexity index is 310. The van der Waals surface area contributed by atoms with Gasteiger partial charge in [-0.1, -0.05) is 24.3 Å². The van der Waals surface area contributed by atoms with Crippen LogP contribution in [0.1, 0.15) is 25.0 Å². The van der Waals surface area contributed by atoms with Crippen LogP contribution in [0.25, 0.3) is 0 Å². The van der Waals surface area contributed by atoms with E-state index in [0.29, 0.717) is 12.8 Å². The van der Waals surface area contributed by atoms with Crippen molar-refractivity contribution in [1.29, 1.82) is 0 Å². The van der Waals surface area contributed by atoms with Crippen molar-refractivity contribution in [2.24, 2.45) is 0 Å². The fourth-order valence-corrected chi connectivity index (χ4v) is 1.46. The van der Waals surface area contributed by atoms with E-state index in [1.165, 1.54) is 0 Å². The van der Waals surface area contributed by atoms with Gasteiger partial charge in [-0.3, -0.25) is 0 Å². The molecule has 0 saturated carbocycles. The largest absolute Gasteiger partial charge is 0.390 e. The fraction of sp³-hybridized carbons (Fsp3) is 0.417. The highest BCUT2D eigenvalue weighted by Crippen LogP contribution is 2.13. The van der Waals surface area contributed by atoms with Crippen LogP contribution in [-0.4, -0.2) is 17.0 Å². The zero-order chi connectivity index (χ0) is 10.6. The summed E-state index contributed by atoms with van der Waals surface area (Å²) in [6.45, 7) is 3.55. The summed E-state index contributed by atoms with van der Waals surface area (Å²) >= 11 is 0. The molecular formula is C12H16O2. The molecule has 0 atom stereocenters. The van der Waals surface area contributed by atoms with Crippen molar-refractivity contribution in [3.8, 4) is 0 Å². The molecule has 2 heteroatoms. The van der Waals surface area contributed by atoms with E-state index < -0.39 is 5.60 Å². The lowest BCUT2D eigenvalue weighted by Crippen LogP contribution is -2.21. The molecule has 0 heterocycles. The second-order valence-corrected chi connectivity index (χ2v) is 4.18. The minimum atomic E-state index is -0.695. The third kappa shape index (κ3) is 3.71. The van der Waals surface area contributed by atoms with E-state index in [-0.39, 0.29) is 0 Å². The van der Waals surface area contributed by atoms with Crippen molar-refractivity contribution in [2.75, 3.05) is 0 Å². The van der Waals surface area contributed by atoms with E-state index >= 15 is 0 Å². The standard InChI is InChI=1S/C12H16O2/c1-12(2,14)9-11-5-3-4-10(8-11)6-7-13/h3-5,7-8,14H,6,9H2,1-2H3. The summed E-state index contributed by atoms with van der Waals surface area (Å²) in [5.74, 6) is 0. The van der Waals surface area contributed by atoms with E-state index in [1.807, 2.05) is 24.3 Å². The maximum atomic E-state index is 10.3. The molecule has 0 bridgehead atoms. The van der Waals surface area contributed by atoms with Crippen molar-refractivity contribution in [3.05, 3.63) is 35.4 Å². The van der Waals surface area contributed by atoms with E-state index in [0.717, 1.165) is 17.4 Å². The molecule has 0 spiro atoms. The highest BCUT2D eigenvalue weighted by atomic mass is 16.3. The highest BCUT2D eigenvalue weighted by molar-refractivity contribution is 5.55. The van der Waals surface area contributed by atoms with Crippen LogP contribution in [0.4, 0.5) is 0 Å². The number of carbonyl (C=O) groups excluding carboxylic acids is 1. The predicted molar refractivity (Wildman–Crippen MR) is 56.2 cm³/mol. The minimum absolute atomic E-state index is 0.444. The molecule has 0 amide bonds. The Balaban J connectivity index is 2.78. The number of rotatable bonds is 4. The molecule has 76 valence electrons. The van der Waals surface area contributed by atoms with Crippen LogP contribution >= 0.6 is 0 Å². The van der Waals surface area contributed by atoms with Crippen LogP contribution in [-0.2, 0) is 17.6 Å². The van der Waals surface area contributed by atoms with Gasteiger partial charge in [0.05, 0.1) is 5.60 Å². The van der Waals surface area contributed by atoms with Crippen molar-refractivity contribution in [3.63, 3.8) is 0 Å². The maximum Gasteiger partial charge on any atom is 0.124 e. The first-order chi connectivity index (χ1) is 6.51. The molecule has 0 aliphatic carbocycles. The van der Waals surface area contributed by atoms with Crippen LogP contribution in [0.5, 0.6) is 0 Å². The van der Waals surface area contributed by atoms with Crippen molar-refractivity contribution in [1.82, 2.24) is 0 Å². The Labute approximate surface area is 84.6 Å². The zero-order valence-electron chi connectivity index (χ0n) is 8.66. The second-order valence-electron chi connectivity index (χ2n) is 4.18. The van der Waals surface area contributed by atoms with Gasteiger partial charge < -0.3 is 9.90 Å². The molecule has 0 aliphatic heterocycles. The van der Waals surface area contributed by atoms with E-state index in [1.54, 1.807) is 13.8 Å². The van der Waals surface area contributed by atoms with Crippen LogP contribution in [0, 0.1) is 0 Å². The average Bonchev–Trinajstić information content (AvgIpc) is 2.02. The summed E-state index contributed by atoms with van der Waals surface area (Å²) in [7, 11) is 0. The van der Waals surface area contributed by atoms with E-state index in [9.17, 15) is 9.90 Å². The zero-order valence-corrected chi connectivity index (χ0v) is 8.66. The van der Waals surface area contributed by atoms with Gasteiger partial charge in [0.1, 0.15) is 6.29 Å². The Morgan fingerprint density at radius 3 is 2.57 bits per heavy atom. The van der Waals surface area contributed by atoms with Crippen molar-refractivity contribution >= 4 is 6.29 Å². The van der Waals surface area contributed by atoms with Gasteiger partial charge in [-0.2, -0.15) is 0 Å². The first-order valence-electron chi connectivity index (χ1n) is 4.75. The fourth-order valence-electron chi connectivity index (χ4n) is 1.46. The lowest BCUT2D eigenvalue weighted by Gasteiger charge is -2.17. The summed E-state index contributed by atoms with van der Waals surface area (Å²) in [6.07, 6.45) is 1.95. The summed E-state index contributed by atoms with van der Waals surface area (Å²) in [4.78, 5) is 10.3. The van der Waals surface area contributed by atoms with Gasteiger partial charge in [-0.25, -0.2) is 0 Å². The van der Waals surface area contributed by atoms with Gasteiger partial charge in [0, 0.05) is 12.8 Å². The summed E-state index contributed by atoms with van der Waals surface area (Å²) in [5, 5.41) is 9.62. The number of aliphatic hydroxyl groups is 1. The van der Waals surface area contributed by atoms with E-state index in [2.05, 4.69) is 0 Å². The number of aldehydes is 1. The second kappa shape index (κ2) is 4.38. The first kappa shape index (κ1) is 10.9. The molecule has 2 nitrogen and oxygen atoms in total. The molecule has 1 rings (SSSR count). The predicted octanol–water partition coefficient (Wildman–Crippen LogP) is 1.74. The molecular weight excluding hydrogens is 176 g/mol. The van der Waals surface area contributed by atoms with Crippen LogP contribution in [0.2, 0.25) is 0 Å². The molecule has 0 saturated heterocycles. The number of carbonyl (C=O) groups is 1. The Hall–Kier alpha value is -1.15. The third-order valence-electron chi connectivity index (χ3n) is 1.95. The maximum absolute atomic E-state index is 10.3. The SMILES string of the molecule is CC(C)(O)Cc1cccc(CC=O)c1. The molecule has 0 aromatic heterocycles. The molecule has 1 aromatic carbocycles. The topological polar surface area (TPSA) is 37.3 Å². The summed E-state index contributed by atoms with van der Waals surface area (Å²) in [6, 6.07) is 7.76. The van der Waals surface area contributed by atoms with Gasteiger partial charge in [-0.15, -0.1) is 0 Å². The number of hydrogen-bond donors (Lipinski definition) is 1. The molecule has 14 heavy (non-hydrogen) atoms. The van der Waals surface area contributed by atoms with Gasteiger partial charge in [-0.05, 0) is 25.0 Å². The van der Waals surface area contributed by atoms with Crippen LogP contribution < -0.4 is 0 Å². The summed E-state index contributed by atoms with van der Waals surface area (Å²) in [5.41, 5.74) is 1.37. The normalized spacial score (nSPS) is 11.4. The van der Waals surface area contributed by atoms with Gasteiger partial charge in [0.2, 0.25) is 0 Å². The van der Waals surface area contributed by atoms with Gasteiger partial charge >= 0.3 is 0 Å². The van der Waals surface area contributed by atoms with Crippen molar-refractivity contribution < 1.29 is 9.90 Å². The molecule has 1 N–H and O–H groups in total. The smallest absolute Gasteiger partial charge is 0.124 e. The van der Waals surface area contributed by atoms with Crippen LogP contribution in [0.15, 0.2) is 24.3 Å². The molecule has 0 aliphatic rings. The third-order valence-corrected chi connectivity index (χ3v) is 1.95.